The molecule has 1 fully saturated rings. The predicted octanol–water partition coefficient (Wildman–Crippen LogP) is 4.50. The number of benzene rings is 1. The van der Waals surface area contributed by atoms with Crippen LogP contribution in [0.15, 0.2) is 27.1 Å². The third kappa shape index (κ3) is 3.24. The molecule has 4 nitrogen and oxygen atoms in total. The van der Waals surface area contributed by atoms with Crippen molar-refractivity contribution in [2.24, 2.45) is 0 Å². The molecule has 2 aromatic rings. The normalized spacial score (nSPS) is 17.4. The second kappa shape index (κ2) is 6.89. The van der Waals surface area contributed by atoms with E-state index in [0.717, 1.165) is 33.8 Å². The third-order valence-corrected chi connectivity index (χ3v) is 5.91. The number of furan rings is 1. The highest BCUT2D eigenvalue weighted by Crippen LogP contribution is 2.32. The number of aryl methyl sites for hydroxylation is 1. The highest BCUT2D eigenvalue weighted by molar-refractivity contribution is 9.10. The minimum absolute atomic E-state index is 0.0663. The van der Waals surface area contributed by atoms with Gasteiger partial charge in [0.25, 0.3) is 5.91 Å². The lowest BCUT2D eigenvalue weighted by molar-refractivity contribution is 0.0780. The molecule has 24 heavy (non-hydrogen) atoms. The molecule has 1 aliphatic rings. The van der Waals surface area contributed by atoms with Gasteiger partial charge in [0.05, 0.1) is 0 Å². The minimum Gasteiger partial charge on any atom is -0.451 e. The van der Waals surface area contributed by atoms with Gasteiger partial charge in [-0.05, 0) is 52.1 Å². The zero-order valence-corrected chi connectivity index (χ0v) is 16.2. The molecule has 1 saturated carbocycles. The molecule has 130 valence electrons. The molecule has 3 rings (SSSR count). The van der Waals surface area contributed by atoms with Crippen molar-refractivity contribution in [1.29, 1.82) is 0 Å². The topological polar surface area (TPSA) is 45.5 Å². The zero-order valence-electron chi connectivity index (χ0n) is 14.6. The Labute approximate surface area is 151 Å². The second-order valence-corrected chi connectivity index (χ2v) is 7.97. The Morgan fingerprint density at radius 1 is 1.29 bits per heavy atom. The Morgan fingerprint density at radius 3 is 2.67 bits per heavy atom. The van der Waals surface area contributed by atoms with Gasteiger partial charge in [-0.25, -0.2) is 0 Å². The molecule has 0 spiro atoms. The van der Waals surface area contributed by atoms with Crippen LogP contribution in [0.3, 0.4) is 0 Å². The van der Waals surface area contributed by atoms with Gasteiger partial charge in [0.2, 0.25) is 0 Å². The fourth-order valence-corrected chi connectivity index (χ4v) is 4.09. The summed E-state index contributed by atoms with van der Waals surface area (Å²) in [4.78, 5) is 15.0. The van der Waals surface area contributed by atoms with Gasteiger partial charge in [-0.3, -0.25) is 4.79 Å². The Kier molecular flexibility index (Phi) is 5.02. The monoisotopic (exact) mass is 392 g/mol. The molecule has 1 N–H and O–H groups in total. The zero-order chi connectivity index (χ0) is 17.3. The first-order chi connectivity index (χ1) is 11.4. The van der Waals surface area contributed by atoms with Crippen molar-refractivity contribution in [3.63, 3.8) is 0 Å². The number of rotatable bonds is 4. The highest BCUT2D eigenvalue weighted by atomic mass is 79.9. The molecule has 0 radical (unpaired) electrons. The van der Waals surface area contributed by atoms with E-state index in [9.17, 15) is 4.79 Å². The van der Waals surface area contributed by atoms with Crippen LogP contribution in [0.5, 0.6) is 0 Å². The number of hydrogen-bond acceptors (Lipinski definition) is 3. The van der Waals surface area contributed by atoms with E-state index >= 15 is 0 Å². The minimum atomic E-state index is -0.119. The molecule has 0 saturated heterocycles. The number of nitrogens with zero attached hydrogens (tertiary/aromatic N) is 1. The average Bonchev–Trinajstić information content (AvgIpc) is 2.90. The number of carbonyl (C=O) groups is 1. The van der Waals surface area contributed by atoms with E-state index in [2.05, 4.69) is 40.2 Å². The molecule has 1 aromatic heterocycles. The van der Waals surface area contributed by atoms with Crippen molar-refractivity contribution in [2.45, 2.75) is 44.6 Å². The van der Waals surface area contributed by atoms with Crippen molar-refractivity contribution in [3.05, 3.63) is 34.0 Å². The fraction of sp³-hybridized carbons (Fsp3) is 0.526. The van der Waals surface area contributed by atoms with Gasteiger partial charge >= 0.3 is 0 Å². The molecule has 5 heteroatoms. The summed E-state index contributed by atoms with van der Waals surface area (Å²) in [5.74, 6) is 0.305. The van der Waals surface area contributed by atoms with Gasteiger partial charge in [-0.15, -0.1) is 0 Å². The van der Waals surface area contributed by atoms with E-state index in [1.54, 1.807) is 0 Å². The van der Waals surface area contributed by atoms with Crippen LogP contribution in [0.25, 0.3) is 11.0 Å². The molecule has 0 unspecified atom stereocenters. The molecule has 1 amide bonds. The quantitative estimate of drug-likeness (QED) is 0.832. The summed E-state index contributed by atoms with van der Waals surface area (Å²) in [6, 6.07) is 5.81. The van der Waals surface area contributed by atoms with Crippen LogP contribution in [0.4, 0.5) is 0 Å². The van der Waals surface area contributed by atoms with E-state index < -0.39 is 0 Å². The number of likely N-dealkylation sites (N-methyl/N-ethyl adjacent to an activating group) is 1. The van der Waals surface area contributed by atoms with Crippen molar-refractivity contribution in [2.75, 3.05) is 20.6 Å². The van der Waals surface area contributed by atoms with Crippen LogP contribution in [0.1, 0.15) is 48.2 Å². The Morgan fingerprint density at radius 2 is 2.00 bits per heavy atom. The highest BCUT2D eigenvalue weighted by Gasteiger charge is 2.35. The fourth-order valence-electron chi connectivity index (χ4n) is 3.73. The van der Waals surface area contributed by atoms with Crippen LogP contribution in [0.2, 0.25) is 0 Å². The van der Waals surface area contributed by atoms with Crippen LogP contribution in [-0.2, 0) is 0 Å². The molecule has 1 heterocycles. The molecule has 1 aromatic carbocycles. The summed E-state index contributed by atoms with van der Waals surface area (Å²) >= 11 is 3.47. The van der Waals surface area contributed by atoms with Gasteiger partial charge in [0, 0.05) is 27.5 Å². The van der Waals surface area contributed by atoms with Gasteiger partial charge in [0.15, 0.2) is 5.76 Å². The first-order valence-corrected chi connectivity index (χ1v) is 9.36. The summed E-state index contributed by atoms with van der Waals surface area (Å²) in [6.07, 6.45) is 6.01. The maximum Gasteiger partial charge on any atom is 0.287 e. The van der Waals surface area contributed by atoms with Gasteiger partial charge in [-0.1, -0.05) is 35.2 Å². The van der Waals surface area contributed by atoms with Gasteiger partial charge in [0.1, 0.15) is 5.58 Å². The first kappa shape index (κ1) is 17.5. The largest absolute Gasteiger partial charge is 0.451 e. The second-order valence-electron chi connectivity index (χ2n) is 7.06. The molecular weight excluding hydrogens is 368 g/mol. The lowest BCUT2D eigenvalue weighted by Gasteiger charge is -2.43. The first-order valence-electron chi connectivity index (χ1n) is 8.57. The summed E-state index contributed by atoms with van der Waals surface area (Å²) in [5, 5.41) is 4.10. The predicted molar refractivity (Wildman–Crippen MR) is 100 cm³/mol. The van der Waals surface area contributed by atoms with Gasteiger partial charge < -0.3 is 14.6 Å². The summed E-state index contributed by atoms with van der Waals surface area (Å²) in [7, 11) is 4.23. The maximum absolute atomic E-state index is 12.7. The Bertz CT molecular complexity index is 745. The molecular formula is C19H25BrN2O2. The van der Waals surface area contributed by atoms with Crippen molar-refractivity contribution in [1.82, 2.24) is 10.2 Å². The van der Waals surface area contributed by atoms with Crippen LogP contribution in [0, 0.1) is 6.92 Å². The number of halogens is 1. The van der Waals surface area contributed by atoms with E-state index in [1.165, 1.54) is 19.3 Å². The summed E-state index contributed by atoms with van der Waals surface area (Å²) in [5.41, 5.74) is 1.71. The number of fused-ring (bicyclic) bond motifs is 1. The van der Waals surface area contributed by atoms with E-state index in [-0.39, 0.29) is 11.4 Å². The maximum atomic E-state index is 12.7. The SMILES string of the molecule is Cc1c(C(=O)NCC2(N(C)C)CCCCC2)oc2ccc(Br)cc12. The molecule has 1 aliphatic carbocycles. The van der Waals surface area contributed by atoms with Crippen LogP contribution in [-0.4, -0.2) is 37.0 Å². The smallest absolute Gasteiger partial charge is 0.287 e. The Balaban J connectivity index is 1.78. The van der Waals surface area contributed by atoms with E-state index in [4.69, 9.17) is 4.42 Å². The Hall–Kier alpha value is -1.33. The van der Waals surface area contributed by atoms with Crippen LogP contribution >= 0.6 is 15.9 Å². The number of nitrogens with one attached hydrogen (secondary N) is 1. The van der Waals surface area contributed by atoms with Gasteiger partial charge in [-0.2, -0.15) is 0 Å². The van der Waals surface area contributed by atoms with E-state index in [1.807, 2.05) is 25.1 Å². The number of amides is 1. The lowest BCUT2D eigenvalue weighted by Crippen LogP contribution is -2.53. The number of carbonyl (C=O) groups excluding carboxylic acids is 1. The van der Waals surface area contributed by atoms with Crippen molar-refractivity contribution in [3.8, 4) is 0 Å². The van der Waals surface area contributed by atoms with Crippen LogP contribution < -0.4 is 5.32 Å². The molecule has 0 atom stereocenters. The third-order valence-electron chi connectivity index (χ3n) is 5.42. The molecule has 0 aliphatic heterocycles. The summed E-state index contributed by atoms with van der Waals surface area (Å²) in [6.45, 7) is 2.61. The molecule has 0 bridgehead atoms. The summed E-state index contributed by atoms with van der Waals surface area (Å²) < 4.78 is 6.79. The standard InChI is InChI=1S/C19H25BrN2O2/c1-13-15-11-14(20)7-8-16(15)24-17(13)18(23)21-12-19(22(2)3)9-5-4-6-10-19/h7-8,11H,4-6,9-10,12H2,1-3H3,(H,21,23). The van der Waals surface area contributed by atoms with E-state index in [0.29, 0.717) is 12.3 Å². The number of hydrogen-bond donors (Lipinski definition) is 1. The average molecular weight is 393 g/mol. The lowest BCUT2D eigenvalue weighted by atomic mass is 9.80. The van der Waals surface area contributed by atoms with Crippen molar-refractivity contribution < 1.29 is 9.21 Å². The van der Waals surface area contributed by atoms with Crippen molar-refractivity contribution >= 4 is 32.8 Å².